The number of nitrogens with one attached hydrogen (secondary N) is 1. The van der Waals surface area contributed by atoms with Gasteiger partial charge in [0.05, 0.1) is 11.9 Å². The van der Waals surface area contributed by atoms with Gasteiger partial charge < -0.3 is 19.7 Å². The van der Waals surface area contributed by atoms with Crippen molar-refractivity contribution in [1.29, 1.82) is 0 Å². The lowest BCUT2D eigenvalue weighted by atomic mass is 10.1. The number of anilines is 1. The van der Waals surface area contributed by atoms with Crippen LogP contribution in [0.4, 0.5) is 5.69 Å². The molecule has 2 amide bonds. The van der Waals surface area contributed by atoms with Gasteiger partial charge >= 0.3 is 0 Å². The minimum atomic E-state index is -3.60. The summed E-state index contributed by atoms with van der Waals surface area (Å²) in [6.07, 6.45) is 2.96. The van der Waals surface area contributed by atoms with Crippen LogP contribution < -0.4 is 19.1 Å². The summed E-state index contributed by atoms with van der Waals surface area (Å²) in [6, 6.07) is 14.2. The van der Waals surface area contributed by atoms with Crippen LogP contribution in [0.15, 0.2) is 48.5 Å². The molecule has 0 bridgehead atoms. The van der Waals surface area contributed by atoms with Gasteiger partial charge in [-0.1, -0.05) is 37.3 Å². The van der Waals surface area contributed by atoms with E-state index in [0.29, 0.717) is 56.3 Å². The quantitative estimate of drug-likeness (QED) is 0.426. The predicted octanol–water partition coefficient (Wildman–Crippen LogP) is 2.99. The number of carbonyl (C=O) groups excluding carboxylic acids is 2. The number of carbonyl (C=O) groups is 2. The Morgan fingerprint density at radius 1 is 1.03 bits per heavy atom. The molecule has 37 heavy (non-hydrogen) atoms. The van der Waals surface area contributed by atoms with Gasteiger partial charge in [0.15, 0.2) is 11.5 Å². The van der Waals surface area contributed by atoms with Crippen molar-refractivity contribution in [3.05, 3.63) is 54.1 Å². The summed E-state index contributed by atoms with van der Waals surface area (Å²) in [4.78, 5) is 27.5. The highest BCUT2D eigenvalue weighted by atomic mass is 32.2. The first-order valence-electron chi connectivity index (χ1n) is 12.7. The second-order valence-corrected chi connectivity index (χ2v) is 11.0. The van der Waals surface area contributed by atoms with E-state index >= 15 is 0 Å². The monoisotopic (exact) mass is 531 g/mol. The maximum atomic E-state index is 13.3. The lowest BCUT2D eigenvalue weighted by Crippen LogP contribution is -2.49. The fourth-order valence-electron chi connectivity index (χ4n) is 4.16. The second kappa shape index (κ2) is 13.3. The number of benzene rings is 2. The number of rotatable bonds is 13. The standard InChI is InChI=1S/C27H37N3O6S/c1-4-15-28-27(32)21(2)29(17-14-22-9-6-5-7-10-22)26(31)11-8-16-30(37(3,33)34)23-12-13-24-25(20-23)36-19-18-35-24/h5-7,9-10,12-13,20-21H,4,8,11,14-19H2,1-3H3,(H,28,32)/t21-/m0/s1. The molecule has 0 saturated carbocycles. The number of sulfonamides is 1. The maximum absolute atomic E-state index is 13.3. The van der Waals surface area contributed by atoms with E-state index in [1.807, 2.05) is 37.3 Å². The van der Waals surface area contributed by atoms with Gasteiger partial charge in [0.2, 0.25) is 21.8 Å². The lowest BCUT2D eigenvalue weighted by molar-refractivity contribution is -0.139. The number of amides is 2. The summed E-state index contributed by atoms with van der Waals surface area (Å²) in [5.41, 5.74) is 1.52. The molecule has 202 valence electrons. The number of nitrogens with zero attached hydrogens (tertiary/aromatic N) is 2. The van der Waals surface area contributed by atoms with Crippen LogP contribution in [0.1, 0.15) is 38.7 Å². The van der Waals surface area contributed by atoms with E-state index in [2.05, 4.69) is 5.32 Å². The highest BCUT2D eigenvalue weighted by Gasteiger charge is 2.26. The summed E-state index contributed by atoms with van der Waals surface area (Å²) >= 11 is 0. The molecule has 0 fully saturated rings. The zero-order chi connectivity index (χ0) is 26.8. The smallest absolute Gasteiger partial charge is 0.242 e. The molecule has 1 aliphatic rings. The molecule has 0 aromatic heterocycles. The Morgan fingerprint density at radius 3 is 2.41 bits per heavy atom. The lowest BCUT2D eigenvalue weighted by Gasteiger charge is -2.29. The summed E-state index contributed by atoms with van der Waals surface area (Å²) < 4.78 is 37.5. The Balaban J connectivity index is 1.68. The highest BCUT2D eigenvalue weighted by molar-refractivity contribution is 7.92. The molecule has 10 heteroatoms. The molecule has 1 heterocycles. The van der Waals surface area contributed by atoms with Crippen LogP contribution in [0.5, 0.6) is 11.5 Å². The molecule has 1 N–H and O–H groups in total. The minimum Gasteiger partial charge on any atom is -0.486 e. The fraction of sp³-hybridized carbons (Fsp3) is 0.481. The summed E-state index contributed by atoms with van der Waals surface area (Å²) in [5.74, 6) is 0.679. The van der Waals surface area contributed by atoms with Crippen LogP contribution in [-0.2, 0) is 26.0 Å². The molecule has 0 radical (unpaired) electrons. The molecule has 1 aliphatic heterocycles. The normalized spacial score (nSPS) is 13.5. The maximum Gasteiger partial charge on any atom is 0.242 e. The summed E-state index contributed by atoms with van der Waals surface area (Å²) in [5, 5.41) is 2.86. The fourth-order valence-corrected chi connectivity index (χ4v) is 5.11. The van der Waals surface area contributed by atoms with Gasteiger partial charge in [-0.05, 0) is 43.9 Å². The van der Waals surface area contributed by atoms with Crippen molar-refractivity contribution in [2.75, 3.05) is 43.4 Å². The van der Waals surface area contributed by atoms with Crippen LogP contribution in [-0.4, -0.2) is 70.3 Å². The SMILES string of the molecule is CCCNC(=O)[C@H](C)N(CCc1ccccc1)C(=O)CCCN(c1ccc2c(c1)OCCO2)S(C)(=O)=O. The van der Waals surface area contributed by atoms with Gasteiger partial charge in [0, 0.05) is 32.1 Å². The largest absolute Gasteiger partial charge is 0.486 e. The molecule has 0 unspecified atom stereocenters. The molecule has 0 spiro atoms. The third-order valence-electron chi connectivity index (χ3n) is 6.17. The molecule has 9 nitrogen and oxygen atoms in total. The van der Waals surface area contributed by atoms with Gasteiger partial charge in [0.1, 0.15) is 19.3 Å². The number of hydrogen-bond donors (Lipinski definition) is 1. The van der Waals surface area contributed by atoms with Crippen LogP contribution in [0.3, 0.4) is 0 Å². The van der Waals surface area contributed by atoms with Crippen molar-refractivity contribution in [1.82, 2.24) is 10.2 Å². The Labute approximate surface area is 219 Å². The number of ether oxygens (including phenoxy) is 2. The van der Waals surface area contributed by atoms with Crippen molar-refractivity contribution in [3.8, 4) is 11.5 Å². The minimum absolute atomic E-state index is 0.108. The van der Waals surface area contributed by atoms with E-state index in [-0.39, 0.29) is 24.8 Å². The number of fused-ring (bicyclic) bond motifs is 1. The molecule has 2 aromatic rings. The Kier molecular flexibility index (Phi) is 10.2. The van der Waals surface area contributed by atoms with E-state index in [0.717, 1.165) is 18.2 Å². The third-order valence-corrected chi connectivity index (χ3v) is 7.36. The van der Waals surface area contributed by atoms with Gasteiger partial charge in [-0.2, -0.15) is 0 Å². The Bertz CT molecular complexity index is 1160. The van der Waals surface area contributed by atoms with E-state index < -0.39 is 16.1 Å². The molecular formula is C27H37N3O6S. The van der Waals surface area contributed by atoms with Gasteiger partial charge in [-0.25, -0.2) is 8.42 Å². The van der Waals surface area contributed by atoms with E-state index in [9.17, 15) is 18.0 Å². The molecule has 0 aliphatic carbocycles. The molecule has 3 rings (SSSR count). The van der Waals surface area contributed by atoms with Crippen molar-refractivity contribution >= 4 is 27.5 Å². The molecular weight excluding hydrogens is 494 g/mol. The van der Waals surface area contributed by atoms with E-state index in [1.165, 1.54) is 4.31 Å². The summed E-state index contributed by atoms with van der Waals surface area (Å²) in [6.45, 7) is 5.59. The molecule has 2 aromatic carbocycles. The third kappa shape index (κ3) is 8.11. The van der Waals surface area contributed by atoms with Crippen molar-refractivity contribution in [2.45, 2.75) is 45.6 Å². The van der Waals surface area contributed by atoms with Gasteiger partial charge in [-0.15, -0.1) is 0 Å². The van der Waals surface area contributed by atoms with Gasteiger partial charge in [0.25, 0.3) is 0 Å². The van der Waals surface area contributed by atoms with Crippen molar-refractivity contribution < 1.29 is 27.5 Å². The Hall–Kier alpha value is -3.27. The van der Waals surface area contributed by atoms with Crippen LogP contribution in [0.2, 0.25) is 0 Å². The first-order chi connectivity index (χ1) is 17.7. The van der Waals surface area contributed by atoms with Crippen LogP contribution in [0.25, 0.3) is 0 Å². The zero-order valence-electron chi connectivity index (χ0n) is 21.8. The first kappa shape index (κ1) is 28.3. The molecule has 0 saturated heterocycles. The van der Waals surface area contributed by atoms with Crippen molar-refractivity contribution in [3.63, 3.8) is 0 Å². The topological polar surface area (TPSA) is 105 Å². The number of hydrogen-bond acceptors (Lipinski definition) is 6. The van der Waals surface area contributed by atoms with Crippen LogP contribution >= 0.6 is 0 Å². The second-order valence-electron chi connectivity index (χ2n) is 9.06. The van der Waals surface area contributed by atoms with Gasteiger partial charge in [-0.3, -0.25) is 13.9 Å². The van der Waals surface area contributed by atoms with E-state index in [4.69, 9.17) is 9.47 Å². The summed E-state index contributed by atoms with van der Waals surface area (Å²) in [7, 11) is -3.60. The predicted molar refractivity (Wildman–Crippen MR) is 143 cm³/mol. The average molecular weight is 532 g/mol. The first-order valence-corrected chi connectivity index (χ1v) is 14.5. The average Bonchev–Trinajstić information content (AvgIpc) is 2.89. The zero-order valence-corrected chi connectivity index (χ0v) is 22.6. The van der Waals surface area contributed by atoms with Crippen molar-refractivity contribution in [2.24, 2.45) is 0 Å². The molecule has 1 atom stereocenters. The van der Waals surface area contributed by atoms with Crippen LogP contribution in [0, 0.1) is 0 Å². The highest BCUT2D eigenvalue weighted by Crippen LogP contribution is 2.34. The van der Waals surface area contributed by atoms with E-state index in [1.54, 1.807) is 30.0 Å². The Morgan fingerprint density at radius 2 is 1.73 bits per heavy atom.